The Labute approximate surface area is 154 Å². The zero-order valence-electron chi connectivity index (χ0n) is 15.1. The number of nitrogens with one attached hydrogen (secondary N) is 1. The summed E-state index contributed by atoms with van der Waals surface area (Å²) in [5, 5.41) is 2.91. The molecule has 7 nitrogen and oxygen atoms in total. The fourth-order valence-corrected chi connectivity index (χ4v) is 2.82. The Balaban J connectivity index is 1.35. The first-order valence-corrected chi connectivity index (χ1v) is 9.02. The van der Waals surface area contributed by atoms with Crippen LogP contribution in [0.25, 0.3) is 0 Å². The predicted molar refractivity (Wildman–Crippen MR) is 101 cm³/mol. The van der Waals surface area contributed by atoms with Gasteiger partial charge in [-0.05, 0) is 30.2 Å². The Morgan fingerprint density at radius 3 is 2.46 bits per heavy atom. The maximum absolute atomic E-state index is 12.2. The van der Waals surface area contributed by atoms with Gasteiger partial charge in [0.2, 0.25) is 5.95 Å². The molecule has 26 heavy (non-hydrogen) atoms. The van der Waals surface area contributed by atoms with Crippen LogP contribution in [0.4, 0.5) is 10.7 Å². The summed E-state index contributed by atoms with van der Waals surface area (Å²) in [6.07, 6.45) is 4.48. The highest BCUT2D eigenvalue weighted by atomic mass is 16.5. The topological polar surface area (TPSA) is 70.6 Å². The molecule has 2 aromatic rings. The van der Waals surface area contributed by atoms with Crippen LogP contribution in [0.2, 0.25) is 0 Å². The number of rotatable bonds is 6. The minimum Gasteiger partial charge on any atom is -0.492 e. The number of amides is 2. The minimum atomic E-state index is -0.0523. The van der Waals surface area contributed by atoms with Gasteiger partial charge in [-0.3, -0.25) is 0 Å². The van der Waals surface area contributed by atoms with Gasteiger partial charge < -0.3 is 19.9 Å². The van der Waals surface area contributed by atoms with Crippen molar-refractivity contribution in [2.75, 3.05) is 44.2 Å². The number of carbonyl (C=O) groups excluding carboxylic acids is 1. The second-order valence-corrected chi connectivity index (χ2v) is 6.10. The summed E-state index contributed by atoms with van der Waals surface area (Å²) in [5.74, 6) is 1.54. The lowest BCUT2D eigenvalue weighted by atomic mass is 10.2. The number of piperazine rings is 1. The molecule has 1 aromatic carbocycles. The lowest BCUT2D eigenvalue weighted by molar-refractivity contribution is 0.191. The van der Waals surface area contributed by atoms with Crippen LogP contribution in [0.15, 0.2) is 42.7 Å². The van der Waals surface area contributed by atoms with Crippen LogP contribution < -0.4 is 15.0 Å². The number of anilines is 1. The number of ether oxygens (including phenoxy) is 1. The molecule has 2 amide bonds. The van der Waals surface area contributed by atoms with E-state index in [1.807, 2.05) is 17.0 Å². The zero-order chi connectivity index (χ0) is 18.2. The molecule has 3 rings (SSSR count). The van der Waals surface area contributed by atoms with Crippen LogP contribution in [0.3, 0.4) is 0 Å². The number of benzene rings is 1. The Bertz CT molecular complexity index is 685. The Kier molecular flexibility index (Phi) is 6.24. The molecule has 0 radical (unpaired) electrons. The molecule has 0 saturated carbocycles. The van der Waals surface area contributed by atoms with Crippen molar-refractivity contribution in [3.63, 3.8) is 0 Å². The van der Waals surface area contributed by atoms with Gasteiger partial charge >= 0.3 is 6.03 Å². The molecule has 1 N–H and O–H groups in total. The van der Waals surface area contributed by atoms with E-state index in [2.05, 4.69) is 39.2 Å². The van der Waals surface area contributed by atoms with Gasteiger partial charge in [0, 0.05) is 38.6 Å². The summed E-state index contributed by atoms with van der Waals surface area (Å²) < 4.78 is 5.66. The number of nitrogens with zero attached hydrogens (tertiary/aromatic N) is 4. The molecule has 0 aliphatic carbocycles. The van der Waals surface area contributed by atoms with Crippen LogP contribution in [0.5, 0.6) is 5.75 Å². The van der Waals surface area contributed by atoms with E-state index in [-0.39, 0.29) is 6.03 Å². The van der Waals surface area contributed by atoms with Crippen LogP contribution in [-0.4, -0.2) is 60.2 Å². The Morgan fingerprint density at radius 1 is 1.12 bits per heavy atom. The molecule has 7 heteroatoms. The van der Waals surface area contributed by atoms with E-state index in [0.29, 0.717) is 26.2 Å². The molecule has 138 valence electrons. The fourth-order valence-electron chi connectivity index (χ4n) is 2.82. The van der Waals surface area contributed by atoms with Crippen molar-refractivity contribution in [2.24, 2.45) is 0 Å². The standard InChI is InChI=1S/C19H25N5O2/c1-2-16-4-6-17(7-5-16)26-15-10-22-19(25)24-13-11-23(12-14-24)18-20-8-3-9-21-18/h3-9H,2,10-15H2,1H3,(H,22,25). The van der Waals surface area contributed by atoms with E-state index >= 15 is 0 Å². The largest absolute Gasteiger partial charge is 0.492 e. The first-order chi connectivity index (χ1) is 12.8. The van der Waals surface area contributed by atoms with E-state index in [1.165, 1.54) is 5.56 Å². The van der Waals surface area contributed by atoms with Gasteiger partial charge in [-0.1, -0.05) is 19.1 Å². The van der Waals surface area contributed by atoms with Gasteiger partial charge in [0.25, 0.3) is 0 Å². The SMILES string of the molecule is CCc1ccc(OCCNC(=O)N2CCN(c3ncccn3)CC2)cc1. The van der Waals surface area contributed by atoms with Gasteiger partial charge in [0.1, 0.15) is 12.4 Å². The smallest absolute Gasteiger partial charge is 0.317 e. The Hall–Kier alpha value is -2.83. The molecule has 0 spiro atoms. The highest BCUT2D eigenvalue weighted by molar-refractivity contribution is 5.74. The van der Waals surface area contributed by atoms with Crippen molar-refractivity contribution in [1.29, 1.82) is 0 Å². The quantitative estimate of drug-likeness (QED) is 0.802. The number of urea groups is 1. The fraction of sp³-hybridized carbons (Fsp3) is 0.421. The molecule has 0 unspecified atom stereocenters. The third kappa shape index (κ3) is 4.84. The molecular weight excluding hydrogens is 330 g/mol. The molecular formula is C19H25N5O2. The average Bonchev–Trinajstić information content (AvgIpc) is 2.72. The highest BCUT2D eigenvalue weighted by Gasteiger charge is 2.22. The highest BCUT2D eigenvalue weighted by Crippen LogP contribution is 2.12. The summed E-state index contributed by atoms with van der Waals surface area (Å²) in [5.41, 5.74) is 1.28. The third-order valence-corrected chi connectivity index (χ3v) is 4.38. The maximum Gasteiger partial charge on any atom is 0.317 e. The van der Waals surface area contributed by atoms with Crippen molar-refractivity contribution in [2.45, 2.75) is 13.3 Å². The van der Waals surface area contributed by atoms with Gasteiger partial charge in [-0.15, -0.1) is 0 Å². The second kappa shape index (κ2) is 9.03. The lowest BCUT2D eigenvalue weighted by Crippen LogP contribution is -2.52. The number of hydrogen-bond donors (Lipinski definition) is 1. The molecule has 1 fully saturated rings. The molecule has 1 aromatic heterocycles. The normalized spacial score (nSPS) is 14.2. The molecule has 1 aliphatic heterocycles. The van der Waals surface area contributed by atoms with Crippen molar-refractivity contribution >= 4 is 12.0 Å². The van der Waals surface area contributed by atoms with E-state index < -0.39 is 0 Å². The van der Waals surface area contributed by atoms with Gasteiger partial charge in [0.05, 0.1) is 6.54 Å². The number of carbonyl (C=O) groups is 1. The molecule has 1 aliphatic rings. The van der Waals surface area contributed by atoms with E-state index in [0.717, 1.165) is 31.2 Å². The summed E-state index contributed by atoms with van der Waals surface area (Å²) in [7, 11) is 0. The monoisotopic (exact) mass is 355 g/mol. The molecule has 0 atom stereocenters. The lowest BCUT2D eigenvalue weighted by Gasteiger charge is -2.34. The van der Waals surface area contributed by atoms with Crippen molar-refractivity contribution in [3.05, 3.63) is 48.3 Å². The first-order valence-electron chi connectivity index (χ1n) is 9.02. The van der Waals surface area contributed by atoms with Crippen molar-refractivity contribution in [3.8, 4) is 5.75 Å². The number of aryl methyl sites for hydroxylation is 1. The van der Waals surface area contributed by atoms with Gasteiger partial charge in [-0.2, -0.15) is 0 Å². The number of hydrogen-bond acceptors (Lipinski definition) is 5. The summed E-state index contributed by atoms with van der Waals surface area (Å²) in [6, 6.07) is 9.79. The maximum atomic E-state index is 12.2. The molecule has 2 heterocycles. The summed E-state index contributed by atoms with van der Waals surface area (Å²) in [4.78, 5) is 24.7. The van der Waals surface area contributed by atoms with E-state index in [9.17, 15) is 4.79 Å². The summed E-state index contributed by atoms with van der Waals surface area (Å²) >= 11 is 0. The predicted octanol–water partition coefficient (Wildman–Crippen LogP) is 1.95. The second-order valence-electron chi connectivity index (χ2n) is 6.10. The van der Waals surface area contributed by atoms with E-state index in [4.69, 9.17) is 4.74 Å². The minimum absolute atomic E-state index is 0.0523. The van der Waals surface area contributed by atoms with Crippen molar-refractivity contribution < 1.29 is 9.53 Å². The Morgan fingerprint density at radius 2 is 1.81 bits per heavy atom. The number of aromatic nitrogens is 2. The van der Waals surface area contributed by atoms with Crippen LogP contribution >= 0.6 is 0 Å². The average molecular weight is 355 g/mol. The zero-order valence-corrected chi connectivity index (χ0v) is 15.1. The van der Waals surface area contributed by atoms with Crippen LogP contribution in [-0.2, 0) is 6.42 Å². The van der Waals surface area contributed by atoms with Gasteiger partial charge in [0.15, 0.2) is 0 Å². The van der Waals surface area contributed by atoms with E-state index in [1.54, 1.807) is 18.5 Å². The first kappa shape index (κ1) is 18.0. The van der Waals surface area contributed by atoms with Crippen LogP contribution in [0.1, 0.15) is 12.5 Å². The van der Waals surface area contributed by atoms with Gasteiger partial charge in [-0.25, -0.2) is 14.8 Å². The molecule has 1 saturated heterocycles. The third-order valence-electron chi connectivity index (χ3n) is 4.38. The van der Waals surface area contributed by atoms with Crippen LogP contribution in [0, 0.1) is 0 Å². The summed E-state index contributed by atoms with van der Waals surface area (Å²) in [6.45, 7) is 5.84. The molecule has 0 bridgehead atoms. The van der Waals surface area contributed by atoms with Crippen molar-refractivity contribution in [1.82, 2.24) is 20.2 Å².